The molecule has 0 spiro atoms. The molecule has 22 heavy (non-hydrogen) atoms. The molecule has 2 aromatic rings. The quantitative estimate of drug-likeness (QED) is 0.925. The maximum Gasteiger partial charge on any atom is 0.254 e. The highest BCUT2D eigenvalue weighted by Crippen LogP contribution is 2.24. The Morgan fingerprint density at radius 1 is 1.36 bits per heavy atom. The van der Waals surface area contributed by atoms with E-state index in [1.165, 1.54) is 4.90 Å². The molecule has 1 atom stereocenters. The molecule has 7 heteroatoms. The van der Waals surface area contributed by atoms with E-state index >= 15 is 0 Å². The van der Waals surface area contributed by atoms with Crippen molar-refractivity contribution in [3.05, 3.63) is 53.1 Å². The van der Waals surface area contributed by atoms with Crippen molar-refractivity contribution < 1.29 is 18.3 Å². The van der Waals surface area contributed by atoms with E-state index in [1.54, 1.807) is 6.20 Å². The SMILES string of the molecule is Cc1cnc(C2COCCN2C(=O)c2cc(F)cc(F)c2)[nH]1. The lowest BCUT2D eigenvalue weighted by Gasteiger charge is -2.34. The largest absolute Gasteiger partial charge is 0.377 e. The Kier molecular flexibility index (Phi) is 3.89. The molecule has 0 saturated carbocycles. The highest BCUT2D eigenvalue weighted by molar-refractivity contribution is 5.94. The summed E-state index contributed by atoms with van der Waals surface area (Å²) in [5.74, 6) is -1.40. The highest BCUT2D eigenvalue weighted by Gasteiger charge is 2.31. The second-order valence-electron chi connectivity index (χ2n) is 5.20. The Hall–Kier alpha value is -2.28. The van der Waals surface area contributed by atoms with Gasteiger partial charge in [-0.05, 0) is 19.1 Å². The number of benzene rings is 1. The van der Waals surface area contributed by atoms with Crippen LogP contribution in [0.2, 0.25) is 0 Å². The van der Waals surface area contributed by atoms with Gasteiger partial charge in [-0.3, -0.25) is 4.79 Å². The summed E-state index contributed by atoms with van der Waals surface area (Å²) in [6, 6.07) is 2.40. The fourth-order valence-electron chi connectivity index (χ4n) is 2.52. The van der Waals surface area contributed by atoms with Gasteiger partial charge in [0.15, 0.2) is 0 Å². The number of amides is 1. The van der Waals surface area contributed by atoms with Gasteiger partial charge >= 0.3 is 0 Å². The Bertz CT molecular complexity index is 682. The van der Waals surface area contributed by atoms with Gasteiger partial charge in [0.1, 0.15) is 23.5 Å². The van der Waals surface area contributed by atoms with Gasteiger partial charge in [0, 0.05) is 30.1 Å². The molecular weight excluding hydrogens is 292 g/mol. The zero-order chi connectivity index (χ0) is 15.7. The van der Waals surface area contributed by atoms with Crippen molar-refractivity contribution in [1.82, 2.24) is 14.9 Å². The number of hydrogen-bond acceptors (Lipinski definition) is 3. The van der Waals surface area contributed by atoms with Crippen LogP contribution in [0.5, 0.6) is 0 Å². The van der Waals surface area contributed by atoms with Gasteiger partial charge in [-0.2, -0.15) is 0 Å². The lowest BCUT2D eigenvalue weighted by molar-refractivity contribution is -0.00505. The summed E-state index contributed by atoms with van der Waals surface area (Å²) in [6.45, 7) is 2.85. The molecule has 0 radical (unpaired) electrons. The van der Waals surface area contributed by atoms with Gasteiger partial charge in [0.05, 0.1) is 13.2 Å². The number of carbonyl (C=O) groups excluding carboxylic acids is 1. The third-order valence-electron chi connectivity index (χ3n) is 3.54. The second kappa shape index (κ2) is 5.84. The summed E-state index contributed by atoms with van der Waals surface area (Å²) in [5.41, 5.74) is 0.845. The Balaban J connectivity index is 1.91. The molecule has 1 saturated heterocycles. The number of ether oxygens (including phenoxy) is 1. The van der Waals surface area contributed by atoms with E-state index < -0.39 is 23.6 Å². The third-order valence-corrected chi connectivity index (χ3v) is 3.54. The highest BCUT2D eigenvalue weighted by atomic mass is 19.1. The minimum Gasteiger partial charge on any atom is -0.377 e. The minimum absolute atomic E-state index is 0.0207. The minimum atomic E-state index is -0.776. The molecule has 1 aromatic heterocycles. The first kappa shape index (κ1) is 14.6. The number of hydrogen-bond donors (Lipinski definition) is 1. The molecule has 116 valence electrons. The molecule has 0 bridgehead atoms. The molecule has 1 aliphatic heterocycles. The van der Waals surface area contributed by atoms with Crippen molar-refractivity contribution in [2.45, 2.75) is 13.0 Å². The lowest BCUT2D eigenvalue weighted by Crippen LogP contribution is -2.44. The topological polar surface area (TPSA) is 58.2 Å². The number of aromatic amines is 1. The Morgan fingerprint density at radius 2 is 2.09 bits per heavy atom. The number of nitrogens with zero attached hydrogens (tertiary/aromatic N) is 2. The first-order chi connectivity index (χ1) is 10.5. The number of aromatic nitrogens is 2. The van der Waals surface area contributed by atoms with Gasteiger partial charge in [0.25, 0.3) is 5.91 Å². The van der Waals surface area contributed by atoms with Crippen LogP contribution in [0.25, 0.3) is 0 Å². The van der Waals surface area contributed by atoms with Crippen LogP contribution >= 0.6 is 0 Å². The number of imidazole rings is 1. The van der Waals surface area contributed by atoms with Crippen LogP contribution in [0, 0.1) is 18.6 Å². The van der Waals surface area contributed by atoms with Crippen molar-refractivity contribution >= 4 is 5.91 Å². The van der Waals surface area contributed by atoms with Crippen LogP contribution in [0.4, 0.5) is 8.78 Å². The maximum absolute atomic E-state index is 13.3. The smallest absolute Gasteiger partial charge is 0.254 e. The average molecular weight is 307 g/mol. The molecule has 0 aliphatic carbocycles. The number of rotatable bonds is 2. The molecule has 1 N–H and O–H groups in total. The zero-order valence-corrected chi connectivity index (χ0v) is 12.0. The van der Waals surface area contributed by atoms with Gasteiger partial charge < -0.3 is 14.6 Å². The first-order valence-electron chi connectivity index (χ1n) is 6.91. The van der Waals surface area contributed by atoms with Crippen LogP contribution in [0.15, 0.2) is 24.4 Å². The molecule has 2 heterocycles. The van der Waals surface area contributed by atoms with E-state index in [0.29, 0.717) is 19.0 Å². The van der Waals surface area contributed by atoms with Crippen LogP contribution in [-0.2, 0) is 4.74 Å². The van der Waals surface area contributed by atoms with Crippen molar-refractivity contribution in [3.63, 3.8) is 0 Å². The van der Waals surface area contributed by atoms with Crippen LogP contribution in [-0.4, -0.2) is 40.5 Å². The maximum atomic E-state index is 13.3. The number of aryl methyl sites for hydroxylation is 1. The predicted octanol–water partition coefficient (Wildman–Crippen LogP) is 2.21. The monoisotopic (exact) mass is 307 g/mol. The lowest BCUT2D eigenvalue weighted by atomic mass is 10.1. The zero-order valence-electron chi connectivity index (χ0n) is 12.0. The number of morpholine rings is 1. The first-order valence-corrected chi connectivity index (χ1v) is 6.91. The standard InChI is InChI=1S/C15H15F2N3O2/c1-9-7-18-14(19-9)13-8-22-3-2-20(13)15(21)10-4-11(16)6-12(17)5-10/h4-7,13H,2-3,8H2,1H3,(H,18,19). The second-order valence-corrected chi connectivity index (χ2v) is 5.20. The molecule has 1 amide bonds. The Morgan fingerprint density at radius 3 is 2.73 bits per heavy atom. The fraction of sp³-hybridized carbons (Fsp3) is 0.333. The molecular formula is C15H15F2N3O2. The summed E-state index contributed by atoms with van der Waals surface area (Å²) in [4.78, 5) is 21.4. The van der Waals surface area contributed by atoms with E-state index in [4.69, 9.17) is 4.74 Å². The molecule has 1 aromatic carbocycles. The van der Waals surface area contributed by atoms with E-state index in [-0.39, 0.29) is 12.2 Å². The summed E-state index contributed by atoms with van der Waals surface area (Å²) in [5, 5.41) is 0. The van der Waals surface area contributed by atoms with E-state index in [9.17, 15) is 13.6 Å². The average Bonchev–Trinajstić information content (AvgIpc) is 2.92. The normalized spacial score (nSPS) is 18.5. The van der Waals surface area contributed by atoms with E-state index in [2.05, 4.69) is 9.97 Å². The molecule has 1 fully saturated rings. The number of nitrogens with one attached hydrogen (secondary N) is 1. The van der Waals surface area contributed by atoms with E-state index in [0.717, 1.165) is 23.9 Å². The van der Waals surface area contributed by atoms with Crippen molar-refractivity contribution in [1.29, 1.82) is 0 Å². The van der Waals surface area contributed by atoms with Crippen molar-refractivity contribution in [3.8, 4) is 0 Å². The fourth-order valence-corrected chi connectivity index (χ4v) is 2.52. The van der Waals surface area contributed by atoms with Crippen molar-refractivity contribution in [2.24, 2.45) is 0 Å². The number of carbonyl (C=O) groups is 1. The van der Waals surface area contributed by atoms with Crippen molar-refractivity contribution in [2.75, 3.05) is 19.8 Å². The Labute approximate surface area is 125 Å². The van der Waals surface area contributed by atoms with Gasteiger partial charge in [-0.25, -0.2) is 13.8 Å². The van der Waals surface area contributed by atoms with Crippen LogP contribution in [0.1, 0.15) is 27.9 Å². The van der Waals surface area contributed by atoms with Crippen LogP contribution < -0.4 is 0 Å². The molecule has 1 unspecified atom stereocenters. The van der Waals surface area contributed by atoms with Gasteiger partial charge in [0.2, 0.25) is 0 Å². The summed E-state index contributed by atoms with van der Waals surface area (Å²) >= 11 is 0. The summed E-state index contributed by atoms with van der Waals surface area (Å²) < 4.78 is 32.1. The van der Waals surface area contributed by atoms with Gasteiger partial charge in [-0.15, -0.1) is 0 Å². The number of halogens is 2. The molecule has 3 rings (SSSR count). The van der Waals surface area contributed by atoms with Crippen LogP contribution in [0.3, 0.4) is 0 Å². The summed E-state index contributed by atoms with van der Waals surface area (Å²) in [7, 11) is 0. The summed E-state index contributed by atoms with van der Waals surface area (Å²) in [6.07, 6.45) is 1.66. The molecule has 5 nitrogen and oxygen atoms in total. The third kappa shape index (κ3) is 2.85. The van der Waals surface area contributed by atoms with Gasteiger partial charge in [-0.1, -0.05) is 0 Å². The number of H-pyrrole nitrogens is 1. The molecule has 1 aliphatic rings. The predicted molar refractivity (Wildman–Crippen MR) is 74.3 cm³/mol. The van der Waals surface area contributed by atoms with E-state index in [1.807, 2.05) is 6.92 Å².